The standard InChI is InChI=1S/C21H25N3O2/c1-13-8-9-18(14(2)10-13)24-20(25)15(3)23-21(26)19-11-16-6-4-5-7-17(16)12-22-19/h4-10,15,19,22H,11-12H2,1-3H3,(H,23,26)(H,24,25)/p+1/t15-,19-/m0/s1. The molecule has 26 heavy (non-hydrogen) atoms. The van der Waals surface area contributed by atoms with Gasteiger partial charge in [0.05, 0.1) is 0 Å². The summed E-state index contributed by atoms with van der Waals surface area (Å²) in [6, 6.07) is 13.3. The third kappa shape index (κ3) is 4.11. The molecule has 0 saturated carbocycles. The Morgan fingerprint density at radius 1 is 1.12 bits per heavy atom. The number of aryl methyl sites for hydroxylation is 2. The molecule has 3 rings (SSSR count). The SMILES string of the molecule is Cc1ccc(NC(=O)[C@H](C)NC(=O)[C@@H]2Cc3ccccc3C[NH2+]2)c(C)c1. The van der Waals surface area contributed by atoms with E-state index >= 15 is 0 Å². The largest absolute Gasteiger partial charge is 0.339 e. The van der Waals surface area contributed by atoms with E-state index in [1.54, 1.807) is 6.92 Å². The molecule has 2 atom stereocenters. The molecule has 1 aliphatic rings. The Morgan fingerprint density at radius 3 is 2.58 bits per heavy atom. The van der Waals surface area contributed by atoms with E-state index in [1.807, 2.05) is 49.5 Å². The molecule has 0 spiro atoms. The van der Waals surface area contributed by atoms with Gasteiger partial charge in [-0.1, -0.05) is 42.0 Å². The molecule has 0 saturated heterocycles. The first-order valence-electron chi connectivity index (χ1n) is 9.02. The van der Waals surface area contributed by atoms with Crippen molar-refractivity contribution in [3.8, 4) is 0 Å². The molecule has 2 amide bonds. The van der Waals surface area contributed by atoms with Crippen LogP contribution in [-0.2, 0) is 22.6 Å². The second-order valence-electron chi connectivity index (χ2n) is 7.06. The highest BCUT2D eigenvalue weighted by Crippen LogP contribution is 2.16. The lowest BCUT2D eigenvalue weighted by molar-refractivity contribution is -0.695. The number of carbonyl (C=O) groups is 2. The number of nitrogens with one attached hydrogen (secondary N) is 2. The number of anilines is 1. The van der Waals surface area contributed by atoms with Crippen LogP contribution in [0.2, 0.25) is 0 Å². The Balaban J connectivity index is 1.58. The first-order chi connectivity index (χ1) is 12.4. The smallest absolute Gasteiger partial charge is 0.279 e. The van der Waals surface area contributed by atoms with Crippen molar-refractivity contribution in [3.63, 3.8) is 0 Å². The summed E-state index contributed by atoms with van der Waals surface area (Å²) >= 11 is 0. The van der Waals surface area contributed by atoms with Crippen molar-refractivity contribution in [1.82, 2.24) is 5.32 Å². The van der Waals surface area contributed by atoms with Crippen LogP contribution in [-0.4, -0.2) is 23.9 Å². The molecule has 2 aromatic rings. The summed E-state index contributed by atoms with van der Waals surface area (Å²) in [4.78, 5) is 25.0. The lowest BCUT2D eigenvalue weighted by Gasteiger charge is -2.23. The maximum Gasteiger partial charge on any atom is 0.279 e. The van der Waals surface area contributed by atoms with Gasteiger partial charge in [0.25, 0.3) is 5.91 Å². The second kappa shape index (κ2) is 7.70. The van der Waals surface area contributed by atoms with E-state index in [1.165, 1.54) is 11.1 Å². The summed E-state index contributed by atoms with van der Waals surface area (Å²) < 4.78 is 0. The fraction of sp³-hybridized carbons (Fsp3) is 0.333. The van der Waals surface area contributed by atoms with Crippen LogP contribution < -0.4 is 16.0 Å². The molecule has 2 aromatic carbocycles. The van der Waals surface area contributed by atoms with Crippen molar-refractivity contribution < 1.29 is 14.9 Å². The van der Waals surface area contributed by atoms with Crippen LogP contribution in [0.4, 0.5) is 5.69 Å². The number of carbonyl (C=O) groups excluding carboxylic acids is 2. The molecular weight excluding hydrogens is 326 g/mol. The predicted octanol–water partition coefficient (Wildman–Crippen LogP) is 1.43. The van der Waals surface area contributed by atoms with Gasteiger partial charge in [-0.05, 0) is 38.0 Å². The van der Waals surface area contributed by atoms with Crippen molar-refractivity contribution in [2.75, 3.05) is 5.32 Å². The van der Waals surface area contributed by atoms with E-state index in [-0.39, 0.29) is 17.9 Å². The lowest BCUT2D eigenvalue weighted by atomic mass is 9.95. The number of hydrogen-bond donors (Lipinski definition) is 3. The maximum atomic E-state index is 12.6. The quantitative estimate of drug-likeness (QED) is 0.779. The van der Waals surface area contributed by atoms with Gasteiger partial charge in [-0.2, -0.15) is 0 Å². The number of quaternary nitrogens is 1. The number of nitrogens with two attached hydrogens (primary N) is 1. The second-order valence-corrected chi connectivity index (χ2v) is 7.06. The van der Waals surface area contributed by atoms with Gasteiger partial charge < -0.3 is 16.0 Å². The minimum atomic E-state index is -0.589. The third-order valence-corrected chi connectivity index (χ3v) is 4.91. The van der Waals surface area contributed by atoms with Crippen LogP contribution in [0, 0.1) is 13.8 Å². The van der Waals surface area contributed by atoms with E-state index in [0.29, 0.717) is 6.42 Å². The van der Waals surface area contributed by atoms with Crippen LogP contribution in [0.25, 0.3) is 0 Å². The molecule has 0 bridgehead atoms. The van der Waals surface area contributed by atoms with Gasteiger partial charge in [-0.25, -0.2) is 0 Å². The Kier molecular flexibility index (Phi) is 5.38. The molecule has 136 valence electrons. The van der Waals surface area contributed by atoms with Crippen molar-refractivity contribution in [2.45, 2.75) is 45.8 Å². The Morgan fingerprint density at radius 2 is 1.85 bits per heavy atom. The Bertz CT molecular complexity index is 832. The number of fused-ring (bicyclic) bond motifs is 1. The topological polar surface area (TPSA) is 74.8 Å². The molecule has 0 fully saturated rings. The van der Waals surface area contributed by atoms with Gasteiger partial charge in [0.15, 0.2) is 6.04 Å². The number of benzene rings is 2. The molecule has 4 N–H and O–H groups in total. The van der Waals surface area contributed by atoms with Gasteiger partial charge in [-0.3, -0.25) is 9.59 Å². The normalized spacial score (nSPS) is 17.1. The van der Waals surface area contributed by atoms with Crippen molar-refractivity contribution in [3.05, 3.63) is 64.7 Å². The molecule has 0 unspecified atom stereocenters. The summed E-state index contributed by atoms with van der Waals surface area (Å²) in [7, 11) is 0. The lowest BCUT2D eigenvalue weighted by Crippen LogP contribution is -2.93. The molecule has 1 aliphatic heterocycles. The molecule has 0 aromatic heterocycles. The van der Waals surface area contributed by atoms with Gasteiger partial charge in [0.2, 0.25) is 5.91 Å². The van der Waals surface area contributed by atoms with Gasteiger partial charge >= 0.3 is 0 Å². The van der Waals surface area contributed by atoms with Crippen molar-refractivity contribution in [2.24, 2.45) is 0 Å². The highest BCUT2D eigenvalue weighted by atomic mass is 16.2. The van der Waals surface area contributed by atoms with Gasteiger partial charge in [-0.15, -0.1) is 0 Å². The van der Waals surface area contributed by atoms with E-state index in [0.717, 1.165) is 23.4 Å². The fourth-order valence-electron chi connectivity index (χ4n) is 3.33. The van der Waals surface area contributed by atoms with Crippen LogP contribution in [0.1, 0.15) is 29.2 Å². The maximum absolute atomic E-state index is 12.6. The summed E-state index contributed by atoms with van der Waals surface area (Å²) in [6.07, 6.45) is 0.688. The molecule has 0 radical (unpaired) electrons. The zero-order valence-corrected chi connectivity index (χ0v) is 15.5. The average molecular weight is 352 g/mol. The molecule has 5 heteroatoms. The predicted molar refractivity (Wildman–Crippen MR) is 102 cm³/mol. The van der Waals surface area contributed by atoms with Crippen LogP contribution in [0.5, 0.6) is 0 Å². The number of hydrogen-bond acceptors (Lipinski definition) is 2. The van der Waals surface area contributed by atoms with Gasteiger partial charge in [0, 0.05) is 17.7 Å². The van der Waals surface area contributed by atoms with E-state index in [9.17, 15) is 9.59 Å². The Labute approximate surface area is 154 Å². The summed E-state index contributed by atoms with van der Waals surface area (Å²) in [5.41, 5.74) is 5.42. The molecule has 5 nitrogen and oxygen atoms in total. The summed E-state index contributed by atoms with van der Waals surface area (Å²) in [5, 5.41) is 7.78. The van der Waals surface area contributed by atoms with Gasteiger partial charge in [0.1, 0.15) is 12.6 Å². The fourth-order valence-corrected chi connectivity index (χ4v) is 3.33. The summed E-state index contributed by atoms with van der Waals surface area (Å²) in [6.45, 7) is 6.48. The van der Waals surface area contributed by atoms with Crippen LogP contribution in [0.3, 0.4) is 0 Å². The first-order valence-corrected chi connectivity index (χ1v) is 9.02. The third-order valence-electron chi connectivity index (χ3n) is 4.91. The zero-order valence-electron chi connectivity index (χ0n) is 15.5. The van der Waals surface area contributed by atoms with Crippen LogP contribution in [0.15, 0.2) is 42.5 Å². The average Bonchev–Trinajstić information content (AvgIpc) is 2.63. The first kappa shape index (κ1) is 18.1. The monoisotopic (exact) mass is 352 g/mol. The molecule has 0 aliphatic carbocycles. The van der Waals surface area contributed by atoms with E-state index in [4.69, 9.17) is 0 Å². The highest BCUT2D eigenvalue weighted by Gasteiger charge is 2.29. The van der Waals surface area contributed by atoms with Crippen LogP contribution >= 0.6 is 0 Å². The number of amides is 2. The van der Waals surface area contributed by atoms with Crippen molar-refractivity contribution >= 4 is 17.5 Å². The van der Waals surface area contributed by atoms with E-state index in [2.05, 4.69) is 22.8 Å². The van der Waals surface area contributed by atoms with E-state index < -0.39 is 6.04 Å². The number of rotatable bonds is 4. The highest BCUT2D eigenvalue weighted by molar-refractivity contribution is 5.97. The zero-order chi connectivity index (χ0) is 18.7. The van der Waals surface area contributed by atoms with Crippen molar-refractivity contribution in [1.29, 1.82) is 0 Å². The minimum absolute atomic E-state index is 0.0946. The molecule has 1 heterocycles. The molecular formula is C21H26N3O2+. The Hall–Kier alpha value is -2.66. The summed E-state index contributed by atoms with van der Waals surface area (Å²) in [5.74, 6) is -0.302. The minimum Gasteiger partial charge on any atom is -0.339 e.